The lowest BCUT2D eigenvalue weighted by Gasteiger charge is -2.28. The zero-order chi connectivity index (χ0) is 20.8. The van der Waals surface area contributed by atoms with Crippen molar-refractivity contribution < 1.29 is 14.6 Å². The van der Waals surface area contributed by atoms with Gasteiger partial charge in [-0.1, -0.05) is 30.3 Å². The molecule has 1 saturated heterocycles. The highest BCUT2D eigenvalue weighted by molar-refractivity contribution is 5.95. The van der Waals surface area contributed by atoms with E-state index in [0.717, 1.165) is 37.9 Å². The number of rotatable bonds is 7. The van der Waals surface area contributed by atoms with Crippen LogP contribution < -0.4 is 15.1 Å². The zero-order valence-corrected chi connectivity index (χ0v) is 17.1. The molecule has 1 aliphatic heterocycles. The van der Waals surface area contributed by atoms with Crippen LogP contribution in [0.25, 0.3) is 0 Å². The maximum Gasteiger partial charge on any atom is 0.293 e. The van der Waals surface area contributed by atoms with Gasteiger partial charge in [0.05, 0.1) is 25.6 Å². The molecule has 29 heavy (non-hydrogen) atoms. The third-order valence-electron chi connectivity index (χ3n) is 5.50. The van der Waals surface area contributed by atoms with Crippen LogP contribution in [-0.2, 0) is 0 Å². The Bertz CT molecular complexity index is 848. The molecule has 1 fully saturated rings. The van der Waals surface area contributed by atoms with Crippen molar-refractivity contribution in [2.24, 2.45) is 0 Å². The van der Waals surface area contributed by atoms with Crippen LogP contribution in [0.4, 0.5) is 11.4 Å². The Labute approximate surface area is 171 Å². The molecule has 1 heterocycles. The van der Waals surface area contributed by atoms with Crippen LogP contribution >= 0.6 is 0 Å². The molecular weight excluding hydrogens is 368 g/mol. The van der Waals surface area contributed by atoms with Gasteiger partial charge in [-0.05, 0) is 31.4 Å². The predicted molar refractivity (Wildman–Crippen MR) is 113 cm³/mol. The largest absolute Gasteiger partial charge is 0.366 e. The van der Waals surface area contributed by atoms with E-state index in [-0.39, 0.29) is 17.6 Å². The molecule has 0 aromatic heterocycles. The molecule has 2 aromatic carbocycles. The number of quaternary nitrogens is 1. The van der Waals surface area contributed by atoms with Crippen LogP contribution in [0.1, 0.15) is 41.2 Å². The number of anilines is 1. The quantitative estimate of drug-likeness (QED) is 0.555. The summed E-state index contributed by atoms with van der Waals surface area (Å²) in [6, 6.07) is 14.9. The second-order valence-corrected chi connectivity index (χ2v) is 7.76. The SMILES string of the molecule is C[NH+](C)[C@H](CNC(=O)c1ccc(N2CCCCC2)c([N+](=O)[O-])c1)c1ccccc1. The minimum absolute atomic E-state index is 0.00241. The minimum Gasteiger partial charge on any atom is -0.366 e. The number of nitro groups is 1. The van der Waals surface area contributed by atoms with E-state index in [4.69, 9.17) is 0 Å². The Hall–Kier alpha value is -2.93. The molecule has 154 valence electrons. The van der Waals surface area contributed by atoms with Gasteiger partial charge in [0.2, 0.25) is 0 Å². The van der Waals surface area contributed by atoms with Crippen LogP contribution in [0.5, 0.6) is 0 Å². The number of carbonyl (C=O) groups is 1. The summed E-state index contributed by atoms with van der Waals surface area (Å²) in [6.07, 6.45) is 3.22. The number of nitrogens with zero attached hydrogens (tertiary/aromatic N) is 2. The van der Waals surface area contributed by atoms with Crippen molar-refractivity contribution in [2.45, 2.75) is 25.3 Å². The first-order valence-electron chi connectivity index (χ1n) is 10.1. The van der Waals surface area contributed by atoms with E-state index < -0.39 is 4.92 Å². The van der Waals surface area contributed by atoms with Crippen LogP contribution in [0, 0.1) is 10.1 Å². The molecule has 0 radical (unpaired) electrons. The number of nitro benzene ring substituents is 1. The molecule has 0 aliphatic carbocycles. The lowest BCUT2D eigenvalue weighted by atomic mass is 10.1. The first-order chi connectivity index (χ1) is 14.0. The Morgan fingerprint density at radius 1 is 1.14 bits per heavy atom. The van der Waals surface area contributed by atoms with Gasteiger partial charge >= 0.3 is 0 Å². The fourth-order valence-corrected chi connectivity index (χ4v) is 3.85. The summed E-state index contributed by atoms with van der Waals surface area (Å²) in [5, 5.41) is 14.6. The van der Waals surface area contributed by atoms with Gasteiger partial charge in [-0.15, -0.1) is 0 Å². The number of piperidine rings is 1. The maximum atomic E-state index is 12.7. The second kappa shape index (κ2) is 9.52. The highest BCUT2D eigenvalue weighted by Crippen LogP contribution is 2.31. The summed E-state index contributed by atoms with van der Waals surface area (Å²) < 4.78 is 0. The molecular formula is C22H29N4O3+. The first kappa shape index (κ1) is 20.8. The zero-order valence-electron chi connectivity index (χ0n) is 17.1. The van der Waals surface area contributed by atoms with Gasteiger partial charge < -0.3 is 15.1 Å². The van der Waals surface area contributed by atoms with E-state index in [1.807, 2.05) is 49.3 Å². The van der Waals surface area contributed by atoms with E-state index >= 15 is 0 Å². The summed E-state index contributed by atoms with van der Waals surface area (Å²) in [5.74, 6) is -0.291. The van der Waals surface area contributed by atoms with Crippen molar-refractivity contribution in [1.82, 2.24) is 5.32 Å². The van der Waals surface area contributed by atoms with Gasteiger partial charge in [-0.3, -0.25) is 14.9 Å². The van der Waals surface area contributed by atoms with Crippen LogP contribution in [0.3, 0.4) is 0 Å². The second-order valence-electron chi connectivity index (χ2n) is 7.76. The number of benzene rings is 2. The van der Waals surface area contributed by atoms with Gasteiger partial charge in [0, 0.05) is 30.3 Å². The molecule has 0 unspecified atom stereocenters. The summed E-state index contributed by atoms with van der Waals surface area (Å²) in [4.78, 5) is 27.2. The number of likely N-dealkylation sites (N-methyl/N-ethyl adjacent to an activating group) is 1. The highest BCUT2D eigenvalue weighted by atomic mass is 16.6. The van der Waals surface area contributed by atoms with E-state index in [1.165, 1.54) is 11.0 Å². The van der Waals surface area contributed by atoms with Crippen molar-refractivity contribution in [3.8, 4) is 0 Å². The Morgan fingerprint density at radius 3 is 2.45 bits per heavy atom. The van der Waals surface area contributed by atoms with Gasteiger partial charge in [0.15, 0.2) is 0 Å². The topological polar surface area (TPSA) is 79.9 Å². The number of amides is 1. The number of nitrogens with one attached hydrogen (secondary N) is 2. The molecule has 1 aliphatic rings. The van der Waals surface area contributed by atoms with E-state index in [2.05, 4.69) is 5.32 Å². The Morgan fingerprint density at radius 2 is 1.83 bits per heavy atom. The molecule has 1 atom stereocenters. The van der Waals surface area contributed by atoms with E-state index in [0.29, 0.717) is 17.8 Å². The molecule has 3 rings (SSSR count). The lowest BCUT2D eigenvalue weighted by molar-refractivity contribution is -0.890. The molecule has 2 aromatic rings. The summed E-state index contributed by atoms with van der Waals surface area (Å²) in [5.41, 5.74) is 2.06. The molecule has 0 spiro atoms. The third-order valence-corrected chi connectivity index (χ3v) is 5.50. The summed E-state index contributed by atoms with van der Waals surface area (Å²) in [6.45, 7) is 2.08. The maximum absolute atomic E-state index is 12.7. The van der Waals surface area contributed by atoms with Gasteiger partial charge in [-0.2, -0.15) is 0 Å². The van der Waals surface area contributed by atoms with Crippen LogP contribution in [0.15, 0.2) is 48.5 Å². The van der Waals surface area contributed by atoms with Gasteiger partial charge in [0.25, 0.3) is 11.6 Å². The fourth-order valence-electron chi connectivity index (χ4n) is 3.85. The standard InChI is InChI=1S/C22H28N4O3/c1-24(2)21(17-9-5-3-6-10-17)16-23-22(27)18-11-12-19(20(15-18)26(28)29)25-13-7-4-8-14-25/h3,5-6,9-12,15,21H,4,7-8,13-14,16H2,1-2H3,(H,23,27)/p+1/t21-/m1/s1. The fraction of sp³-hybridized carbons (Fsp3) is 0.409. The molecule has 0 bridgehead atoms. The number of hydrogen-bond donors (Lipinski definition) is 2. The van der Waals surface area contributed by atoms with Crippen molar-refractivity contribution in [3.05, 3.63) is 69.8 Å². The summed E-state index contributed by atoms with van der Waals surface area (Å²) >= 11 is 0. The first-order valence-corrected chi connectivity index (χ1v) is 10.1. The average Bonchev–Trinajstić information content (AvgIpc) is 2.74. The van der Waals surface area contributed by atoms with E-state index in [9.17, 15) is 14.9 Å². The van der Waals surface area contributed by atoms with Gasteiger partial charge in [0.1, 0.15) is 11.7 Å². The van der Waals surface area contributed by atoms with Crippen molar-refractivity contribution in [2.75, 3.05) is 38.6 Å². The van der Waals surface area contributed by atoms with Gasteiger partial charge in [-0.25, -0.2) is 0 Å². The number of hydrogen-bond acceptors (Lipinski definition) is 4. The normalized spacial score (nSPS) is 15.2. The molecule has 2 N–H and O–H groups in total. The Kier molecular flexibility index (Phi) is 6.82. The monoisotopic (exact) mass is 397 g/mol. The van der Waals surface area contributed by atoms with Crippen molar-refractivity contribution in [1.29, 1.82) is 0 Å². The van der Waals surface area contributed by atoms with Crippen LogP contribution in [-0.4, -0.2) is 44.6 Å². The molecule has 0 saturated carbocycles. The smallest absolute Gasteiger partial charge is 0.293 e. The van der Waals surface area contributed by atoms with E-state index in [1.54, 1.807) is 12.1 Å². The Balaban J connectivity index is 1.74. The number of carbonyl (C=O) groups excluding carboxylic acids is 1. The predicted octanol–water partition coefficient (Wildman–Crippen LogP) is 2.20. The van der Waals surface area contributed by atoms with Crippen molar-refractivity contribution >= 4 is 17.3 Å². The van der Waals surface area contributed by atoms with Crippen LogP contribution in [0.2, 0.25) is 0 Å². The lowest BCUT2D eigenvalue weighted by Crippen LogP contribution is -3.07. The average molecular weight is 397 g/mol. The molecule has 7 heteroatoms. The highest BCUT2D eigenvalue weighted by Gasteiger charge is 2.24. The third kappa shape index (κ3) is 5.12. The van der Waals surface area contributed by atoms with Crippen molar-refractivity contribution in [3.63, 3.8) is 0 Å². The minimum atomic E-state index is -0.391. The summed E-state index contributed by atoms with van der Waals surface area (Å²) in [7, 11) is 4.09. The molecule has 1 amide bonds. The molecule has 7 nitrogen and oxygen atoms in total.